The summed E-state index contributed by atoms with van der Waals surface area (Å²) in [5.41, 5.74) is 3.13. The molecule has 0 aromatic heterocycles. The van der Waals surface area contributed by atoms with E-state index in [1.165, 1.54) is 11.1 Å². The Kier molecular flexibility index (Phi) is 2.10. The summed E-state index contributed by atoms with van der Waals surface area (Å²) in [7, 11) is 0. The van der Waals surface area contributed by atoms with E-state index in [0.29, 0.717) is 0 Å². The van der Waals surface area contributed by atoms with Crippen molar-refractivity contribution in [2.75, 3.05) is 0 Å². The fourth-order valence-electron chi connectivity index (χ4n) is 2.03. The minimum absolute atomic E-state index is 0.125. The maximum absolute atomic E-state index is 11.7. The summed E-state index contributed by atoms with van der Waals surface area (Å²) in [6.07, 6.45) is 0.771. The van der Waals surface area contributed by atoms with Crippen LogP contribution in [0.25, 0.3) is 0 Å². The maximum atomic E-state index is 11.7. The first kappa shape index (κ1) is 10.2. The van der Waals surface area contributed by atoms with Crippen molar-refractivity contribution in [3.05, 3.63) is 28.8 Å². The van der Waals surface area contributed by atoms with Gasteiger partial charge in [0.1, 0.15) is 5.75 Å². The van der Waals surface area contributed by atoms with Gasteiger partial charge in [-0.15, -0.1) is 0 Å². The Morgan fingerprint density at radius 1 is 1.27 bits per heavy atom. The lowest BCUT2D eigenvalue weighted by Gasteiger charge is -2.30. The second-order valence-corrected chi connectivity index (χ2v) is 5.01. The van der Waals surface area contributed by atoms with Crippen LogP contribution < -0.4 is 4.74 Å². The largest absolute Gasteiger partial charge is 0.426 e. The lowest BCUT2D eigenvalue weighted by molar-refractivity contribution is -0.145. The summed E-state index contributed by atoms with van der Waals surface area (Å²) in [5.74, 6) is 0.622. The Bertz CT molecular complexity index is 430. The Balaban J connectivity index is 2.55. The van der Waals surface area contributed by atoms with Crippen molar-refractivity contribution in [3.63, 3.8) is 0 Å². The van der Waals surface area contributed by atoms with Crippen LogP contribution in [0.3, 0.4) is 0 Å². The van der Waals surface area contributed by atoms with Gasteiger partial charge in [-0.05, 0) is 56.9 Å². The molecule has 1 heterocycles. The monoisotopic (exact) mass is 204 g/mol. The summed E-state index contributed by atoms with van der Waals surface area (Å²) < 4.78 is 5.37. The Morgan fingerprint density at radius 2 is 1.93 bits per heavy atom. The van der Waals surface area contributed by atoms with E-state index in [9.17, 15) is 4.79 Å². The quantitative estimate of drug-likeness (QED) is 0.480. The van der Waals surface area contributed by atoms with Crippen molar-refractivity contribution in [3.8, 4) is 5.75 Å². The lowest BCUT2D eigenvalue weighted by Crippen LogP contribution is -2.35. The van der Waals surface area contributed by atoms with E-state index in [-0.39, 0.29) is 5.97 Å². The molecule has 1 aromatic rings. The molecular weight excluding hydrogens is 188 g/mol. The van der Waals surface area contributed by atoms with Gasteiger partial charge in [0.2, 0.25) is 0 Å². The predicted molar refractivity (Wildman–Crippen MR) is 59.0 cm³/mol. The van der Waals surface area contributed by atoms with E-state index < -0.39 is 5.41 Å². The van der Waals surface area contributed by atoms with Crippen molar-refractivity contribution >= 4 is 5.97 Å². The molecule has 0 amide bonds. The fraction of sp³-hybridized carbons (Fsp3) is 0.462. The Hall–Kier alpha value is -1.31. The zero-order chi connectivity index (χ0) is 11.2. The lowest BCUT2D eigenvalue weighted by atomic mass is 9.82. The molecule has 0 unspecified atom stereocenters. The molecule has 2 rings (SSSR count). The molecule has 2 heteroatoms. The zero-order valence-electron chi connectivity index (χ0n) is 9.68. The van der Waals surface area contributed by atoms with Gasteiger partial charge in [0.15, 0.2) is 0 Å². The first-order valence-electron chi connectivity index (χ1n) is 5.22. The van der Waals surface area contributed by atoms with E-state index in [1.54, 1.807) is 0 Å². The normalized spacial score (nSPS) is 18.3. The number of aryl methyl sites for hydroxylation is 2. The van der Waals surface area contributed by atoms with E-state index in [1.807, 2.05) is 26.8 Å². The fourth-order valence-corrected chi connectivity index (χ4v) is 2.03. The van der Waals surface area contributed by atoms with Gasteiger partial charge >= 0.3 is 5.97 Å². The van der Waals surface area contributed by atoms with Crippen LogP contribution in [0.2, 0.25) is 0 Å². The third-order valence-corrected chi connectivity index (χ3v) is 2.95. The van der Waals surface area contributed by atoms with Crippen molar-refractivity contribution in [1.29, 1.82) is 0 Å². The maximum Gasteiger partial charge on any atom is 0.317 e. The van der Waals surface area contributed by atoms with Crippen LogP contribution in [0, 0.1) is 19.3 Å². The highest BCUT2D eigenvalue weighted by Gasteiger charge is 2.36. The van der Waals surface area contributed by atoms with E-state index in [2.05, 4.69) is 13.0 Å². The number of hydrogen-bond acceptors (Lipinski definition) is 2. The average Bonchev–Trinajstić information content (AvgIpc) is 2.09. The number of carbonyl (C=O) groups is 1. The average molecular weight is 204 g/mol. The number of hydrogen-bond donors (Lipinski definition) is 0. The van der Waals surface area contributed by atoms with Crippen molar-refractivity contribution in [2.24, 2.45) is 5.41 Å². The highest BCUT2D eigenvalue weighted by Crippen LogP contribution is 2.37. The van der Waals surface area contributed by atoms with Crippen LogP contribution >= 0.6 is 0 Å². The summed E-state index contributed by atoms with van der Waals surface area (Å²) in [6.45, 7) is 7.94. The van der Waals surface area contributed by atoms with Gasteiger partial charge in [0.05, 0.1) is 5.41 Å². The summed E-state index contributed by atoms with van der Waals surface area (Å²) in [4.78, 5) is 11.7. The van der Waals surface area contributed by atoms with Crippen molar-refractivity contribution in [1.82, 2.24) is 0 Å². The first-order chi connectivity index (χ1) is 6.90. The van der Waals surface area contributed by atoms with Gasteiger partial charge in [0, 0.05) is 0 Å². The molecule has 0 radical (unpaired) electrons. The first-order valence-corrected chi connectivity index (χ1v) is 5.22. The molecule has 1 aliphatic heterocycles. The number of carbonyl (C=O) groups excluding carboxylic acids is 1. The van der Waals surface area contributed by atoms with Gasteiger partial charge in [0.25, 0.3) is 0 Å². The third-order valence-electron chi connectivity index (χ3n) is 2.95. The van der Waals surface area contributed by atoms with Gasteiger partial charge in [-0.2, -0.15) is 0 Å². The van der Waals surface area contributed by atoms with Gasteiger partial charge < -0.3 is 4.74 Å². The highest BCUT2D eigenvalue weighted by atomic mass is 16.5. The molecule has 15 heavy (non-hydrogen) atoms. The van der Waals surface area contributed by atoms with Crippen molar-refractivity contribution in [2.45, 2.75) is 34.1 Å². The number of ether oxygens (including phenoxy) is 1. The molecule has 0 aliphatic carbocycles. The van der Waals surface area contributed by atoms with Gasteiger partial charge in [-0.1, -0.05) is 6.07 Å². The predicted octanol–water partition coefficient (Wildman–Crippen LogP) is 2.79. The molecule has 0 fully saturated rings. The second kappa shape index (κ2) is 3.09. The standard InChI is InChI=1S/C13H16O2/c1-8-5-9(2)10-7-13(3,4)12(14)15-11(10)6-8/h5-6H,7H2,1-4H3. The number of benzene rings is 1. The molecule has 1 aliphatic rings. The van der Waals surface area contributed by atoms with E-state index in [4.69, 9.17) is 4.74 Å². The van der Waals surface area contributed by atoms with Crippen LogP contribution in [0.15, 0.2) is 12.1 Å². The second-order valence-electron chi connectivity index (χ2n) is 5.01. The topological polar surface area (TPSA) is 26.3 Å². The van der Waals surface area contributed by atoms with Crippen LogP contribution in [0.1, 0.15) is 30.5 Å². The molecular formula is C13H16O2. The number of rotatable bonds is 0. The highest BCUT2D eigenvalue weighted by molar-refractivity contribution is 5.81. The molecule has 1 aromatic carbocycles. The molecule has 80 valence electrons. The molecule has 0 saturated carbocycles. The van der Waals surface area contributed by atoms with Crippen LogP contribution in [0.4, 0.5) is 0 Å². The number of esters is 1. The summed E-state index contributed by atoms with van der Waals surface area (Å²) in [6, 6.07) is 4.07. The number of fused-ring (bicyclic) bond motifs is 1. The van der Waals surface area contributed by atoms with E-state index >= 15 is 0 Å². The Morgan fingerprint density at radius 3 is 2.60 bits per heavy atom. The van der Waals surface area contributed by atoms with E-state index in [0.717, 1.165) is 17.7 Å². The summed E-state index contributed by atoms with van der Waals surface area (Å²) in [5, 5.41) is 0. The van der Waals surface area contributed by atoms with Crippen LogP contribution in [0.5, 0.6) is 5.75 Å². The van der Waals surface area contributed by atoms with Crippen molar-refractivity contribution < 1.29 is 9.53 Å². The molecule has 0 atom stereocenters. The van der Waals surface area contributed by atoms with Crippen LogP contribution in [-0.2, 0) is 11.2 Å². The third kappa shape index (κ3) is 1.65. The van der Waals surface area contributed by atoms with Gasteiger partial charge in [-0.3, -0.25) is 4.79 Å². The van der Waals surface area contributed by atoms with Crippen LogP contribution in [-0.4, -0.2) is 5.97 Å². The molecule has 0 saturated heterocycles. The smallest absolute Gasteiger partial charge is 0.317 e. The minimum Gasteiger partial charge on any atom is -0.426 e. The molecule has 0 spiro atoms. The summed E-state index contributed by atoms with van der Waals surface area (Å²) >= 11 is 0. The zero-order valence-corrected chi connectivity index (χ0v) is 9.68. The molecule has 2 nitrogen and oxygen atoms in total. The SMILES string of the molecule is Cc1cc(C)c2c(c1)OC(=O)C(C)(C)C2. The molecule has 0 N–H and O–H groups in total. The molecule has 0 bridgehead atoms. The Labute approximate surface area is 90.3 Å². The minimum atomic E-state index is -0.396. The van der Waals surface area contributed by atoms with Gasteiger partial charge in [-0.25, -0.2) is 0 Å².